The first-order chi connectivity index (χ1) is 9.78. The van der Waals surface area contributed by atoms with Gasteiger partial charge in [0.05, 0.1) is 0 Å². The number of anilines is 1. The monoisotopic (exact) mass is 350 g/mol. The van der Waals surface area contributed by atoms with Crippen LogP contribution in [0.15, 0.2) is 33.7 Å². The first kappa shape index (κ1) is 13.2. The normalized spacial score (nSPS) is 10.7. The van der Waals surface area contributed by atoms with Gasteiger partial charge in [0, 0.05) is 39.7 Å². The Labute approximate surface area is 128 Å². The van der Waals surface area contributed by atoms with Gasteiger partial charge < -0.3 is 5.32 Å². The molecule has 0 bridgehead atoms. The van der Waals surface area contributed by atoms with E-state index in [9.17, 15) is 0 Å². The fourth-order valence-corrected chi connectivity index (χ4v) is 3.10. The van der Waals surface area contributed by atoms with Gasteiger partial charge in [-0.05, 0) is 28.9 Å². The minimum Gasteiger partial charge on any atom is -0.354 e. The Morgan fingerprint density at radius 1 is 1.30 bits per heavy atom. The highest BCUT2D eigenvalue weighted by molar-refractivity contribution is 9.10. The van der Waals surface area contributed by atoms with Gasteiger partial charge in [0.1, 0.15) is 0 Å². The van der Waals surface area contributed by atoms with E-state index in [1.54, 1.807) is 28.4 Å². The lowest BCUT2D eigenvalue weighted by Gasteiger charge is -2.07. The number of hydrogen-bond acceptors (Lipinski definition) is 6. The first-order valence-corrected chi connectivity index (χ1v) is 7.73. The summed E-state index contributed by atoms with van der Waals surface area (Å²) in [6, 6.07) is 1.83. The van der Waals surface area contributed by atoms with Crippen LogP contribution in [0, 0.1) is 0 Å². The van der Waals surface area contributed by atoms with Crippen LogP contribution in [-0.2, 0) is 0 Å². The van der Waals surface area contributed by atoms with E-state index in [1.165, 1.54) is 0 Å². The molecule has 3 aromatic rings. The molecule has 3 heterocycles. The Balaban J connectivity index is 2.12. The number of thiophene rings is 1. The summed E-state index contributed by atoms with van der Waals surface area (Å²) in [6.45, 7) is 2.74. The van der Waals surface area contributed by atoms with Crippen LogP contribution in [0.3, 0.4) is 0 Å². The average molecular weight is 351 g/mol. The van der Waals surface area contributed by atoms with Crippen molar-refractivity contribution >= 4 is 33.2 Å². The quantitative estimate of drug-likeness (QED) is 0.783. The van der Waals surface area contributed by atoms with E-state index in [1.807, 2.05) is 23.8 Å². The Hall–Kier alpha value is -1.80. The van der Waals surface area contributed by atoms with Crippen LogP contribution in [0.25, 0.3) is 17.3 Å². The number of nitrogens with zero attached hydrogens (tertiary/aromatic N) is 5. The molecule has 0 aromatic carbocycles. The van der Waals surface area contributed by atoms with Gasteiger partial charge in [0.15, 0.2) is 5.82 Å². The molecule has 0 amide bonds. The van der Waals surface area contributed by atoms with Crippen LogP contribution < -0.4 is 5.32 Å². The standard InChI is InChI=1S/C12H11BrN6S/c1-2-14-11-16-10(8-6-20-7-9(8)13)17-12(18-11)19-5-3-4-15-19/h3-7H,2H2,1H3,(H,14,16,17,18). The average Bonchev–Trinajstić information content (AvgIpc) is 3.09. The maximum Gasteiger partial charge on any atom is 0.255 e. The fourth-order valence-electron chi connectivity index (χ4n) is 1.65. The predicted molar refractivity (Wildman–Crippen MR) is 82.1 cm³/mol. The highest BCUT2D eigenvalue weighted by Gasteiger charge is 2.12. The molecular weight excluding hydrogens is 340 g/mol. The van der Waals surface area contributed by atoms with Gasteiger partial charge in [-0.15, -0.1) is 0 Å². The highest BCUT2D eigenvalue weighted by Crippen LogP contribution is 2.29. The zero-order valence-electron chi connectivity index (χ0n) is 10.6. The molecule has 0 aliphatic heterocycles. The van der Waals surface area contributed by atoms with Gasteiger partial charge in [-0.3, -0.25) is 0 Å². The lowest BCUT2D eigenvalue weighted by molar-refractivity contribution is 0.798. The molecule has 3 rings (SSSR count). The van der Waals surface area contributed by atoms with Crippen molar-refractivity contribution in [2.75, 3.05) is 11.9 Å². The van der Waals surface area contributed by atoms with Crippen LogP contribution in [0.2, 0.25) is 0 Å². The van der Waals surface area contributed by atoms with E-state index < -0.39 is 0 Å². The number of halogens is 1. The van der Waals surface area contributed by atoms with Crippen LogP contribution in [-0.4, -0.2) is 31.3 Å². The number of nitrogens with one attached hydrogen (secondary N) is 1. The molecule has 102 valence electrons. The Kier molecular flexibility index (Phi) is 3.75. The lowest BCUT2D eigenvalue weighted by Crippen LogP contribution is -2.10. The molecule has 0 aliphatic carbocycles. The Bertz CT molecular complexity index is 709. The summed E-state index contributed by atoms with van der Waals surface area (Å²) in [5, 5.41) is 11.3. The molecule has 20 heavy (non-hydrogen) atoms. The smallest absolute Gasteiger partial charge is 0.255 e. The van der Waals surface area contributed by atoms with Crippen LogP contribution in [0.5, 0.6) is 0 Å². The van der Waals surface area contributed by atoms with E-state index in [0.717, 1.165) is 16.6 Å². The topological polar surface area (TPSA) is 68.5 Å². The van der Waals surface area contributed by atoms with Crippen molar-refractivity contribution < 1.29 is 0 Å². The maximum atomic E-state index is 4.48. The van der Waals surface area contributed by atoms with E-state index in [-0.39, 0.29) is 0 Å². The highest BCUT2D eigenvalue weighted by atomic mass is 79.9. The van der Waals surface area contributed by atoms with Crippen molar-refractivity contribution in [1.29, 1.82) is 0 Å². The summed E-state index contributed by atoms with van der Waals surface area (Å²) in [6.07, 6.45) is 3.49. The van der Waals surface area contributed by atoms with Crippen LogP contribution in [0.1, 0.15) is 6.92 Å². The van der Waals surface area contributed by atoms with Crippen molar-refractivity contribution in [3.05, 3.63) is 33.7 Å². The molecule has 0 radical (unpaired) electrons. The number of aromatic nitrogens is 5. The minimum atomic E-state index is 0.494. The third-order valence-electron chi connectivity index (χ3n) is 2.52. The molecule has 8 heteroatoms. The molecule has 0 saturated heterocycles. The van der Waals surface area contributed by atoms with Crippen molar-refractivity contribution in [1.82, 2.24) is 24.7 Å². The van der Waals surface area contributed by atoms with Gasteiger partial charge in [-0.1, -0.05) is 0 Å². The third kappa shape index (κ3) is 2.56. The Morgan fingerprint density at radius 3 is 2.85 bits per heavy atom. The molecule has 0 saturated carbocycles. The number of hydrogen-bond donors (Lipinski definition) is 1. The lowest BCUT2D eigenvalue weighted by atomic mass is 10.3. The zero-order valence-corrected chi connectivity index (χ0v) is 13.0. The molecule has 0 aliphatic rings. The van der Waals surface area contributed by atoms with Gasteiger partial charge in [-0.2, -0.15) is 31.4 Å². The van der Waals surface area contributed by atoms with Gasteiger partial charge in [0.25, 0.3) is 5.95 Å². The zero-order chi connectivity index (χ0) is 13.9. The van der Waals surface area contributed by atoms with Crippen LogP contribution in [0.4, 0.5) is 5.95 Å². The summed E-state index contributed by atoms with van der Waals surface area (Å²) >= 11 is 5.10. The second-order valence-corrected chi connectivity index (χ2v) is 5.49. The number of rotatable bonds is 4. The molecule has 0 spiro atoms. The van der Waals surface area contributed by atoms with E-state index in [2.05, 4.69) is 41.3 Å². The van der Waals surface area contributed by atoms with Crippen molar-refractivity contribution in [3.8, 4) is 17.3 Å². The summed E-state index contributed by atoms with van der Waals surface area (Å²) in [5.74, 6) is 1.66. The largest absolute Gasteiger partial charge is 0.354 e. The maximum absolute atomic E-state index is 4.48. The minimum absolute atomic E-state index is 0.494. The summed E-state index contributed by atoms with van der Waals surface area (Å²) in [7, 11) is 0. The summed E-state index contributed by atoms with van der Waals surface area (Å²) < 4.78 is 2.59. The van der Waals surface area contributed by atoms with E-state index in [4.69, 9.17) is 0 Å². The van der Waals surface area contributed by atoms with Crippen LogP contribution >= 0.6 is 27.3 Å². The van der Waals surface area contributed by atoms with Gasteiger partial charge >= 0.3 is 0 Å². The molecule has 0 fully saturated rings. The van der Waals surface area contributed by atoms with Gasteiger partial charge in [-0.25, -0.2) is 4.68 Å². The van der Waals surface area contributed by atoms with E-state index >= 15 is 0 Å². The third-order valence-corrected chi connectivity index (χ3v) is 4.23. The first-order valence-electron chi connectivity index (χ1n) is 6.00. The van der Waals surface area contributed by atoms with Crippen molar-refractivity contribution in [3.63, 3.8) is 0 Å². The predicted octanol–water partition coefficient (Wildman–Crippen LogP) is 2.98. The van der Waals surface area contributed by atoms with Crippen molar-refractivity contribution in [2.24, 2.45) is 0 Å². The SMILES string of the molecule is CCNc1nc(-c2cscc2Br)nc(-n2cccn2)n1. The second-order valence-electron chi connectivity index (χ2n) is 3.90. The van der Waals surface area contributed by atoms with Crippen molar-refractivity contribution in [2.45, 2.75) is 6.92 Å². The summed E-state index contributed by atoms with van der Waals surface area (Å²) in [4.78, 5) is 13.3. The van der Waals surface area contributed by atoms with E-state index in [0.29, 0.717) is 17.7 Å². The summed E-state index contributed by atoms with van der Waals surface area (Å²) in [5.41, 5.74) is 0.949. The molecule has 3 aromatic heterocycles. The Morgan fingerprint density at radius 2 is 2.20 bits per heavy atom. The molecule has 6 nitrogen and oxygen atoms in total. The fraction of sp³-hybridized carbons (Fsp3) is 0.167. The molecular formula is C12H11BrN6S. The molecule has 0 unspecified atom stereocenters. The second kappa shape index (κ2) is 5.68. The molecule has 1 N–H and O–H groups in total. The molecule has 0 atom stereocenters. The van der Waals surface area contributed by atoms with Gasteiger partial charge in [0.2, 0.25) is 5.95 Å².